The van der Waals surface area contributed by atoms with Crippen molar-refractivity contribution in [1.29, 1.82) is 0 Å². The SMILES string of the molecule is Fc1cnc(N=NCc2ccc(Nc3cccc(C(F)(F)F)c3)cn2)nc1-c1ccncc1. The lowest BCUT2D eigenvalue weighted by Crippen LogP contribution is -2.05. The Morgan fingerprint density at radius 1 is 0.909 bits per heavy atom. The predicted octanol–water partition coefficient (Wildman–Crippen LogP) is 6.12. The predicted molar refractivity (Wildman–Crippen MR) is 112 cm³/mol. The molecule has 0 bridgehead atoms. The number of halogens is 4. The van der Waals surface area contributed by atoms with Crippen molar-refractivity contribution in [2.24, 2.45) is 10.2 Å². The molecule has 3 aromatic heterocycles. The van der Waals surface area contributed by atoms with E-state index in [4.69, 9.17) is 0 Å². The van der Waals surface area contributed by atoms with E-state index >= 15 is 0 Å². The van der Waals surface area contributed by atoms with Crippen LogP contribution in [0.25, 0.3) is 11.3 Å². The Morgan fingerprint density at radius 2 is 1.73 bits per heavy atom. The maximum Gasteiger partial charge on any atom is 0.416 e. The molecule has 0 radical (unpaired) electrons. The zero-order valence-corrected chi connectivity index (χ0v) is 16.8. The lowest BCUT2D eigenvalue weighted by atomic mass is 10.2. The molecule has 1 aromatic carbocycles. The molecule has 166 valence electrons. The van der Waals surface area contributed by atoms with Crippen molar-refractivity contribution in [3.8, 4) is 11.3 Å². The Balaban J connectivity index is 1.40. The fourth-order valence-corrected chi connectivity index (χ4v) is 2.82. The van der Waals surface area contributed by atoms with Crippen molar-refractivity contribution in [2.45, 2.75) is 12.7 Å². The molecule has 0 aliphatic heterocycles. The zero-order valence-electron chi connectivity index (χ0n) is 16.8. The van der Waals surface area contributed by atoms with Gasteiger partial charge in [-0.25, -0.2) is 14.4 Å². The largest absolute Gasteiger partial charge is 0.416 e. The molecular formula is C22H15F4N7. The number of anilines is 2. The Morgan fingerprint density at radius 3 is 2.45 bits per heavy atom. The average Bonchev–Trinajstić information content (AvgIpc) is 2.81. The van der Waals surface area contributed by atoms with E-state index in [1.165, 1.54) is 30.7 Å². The molecule has 0 unspecified atom stereocenters. The van der Waals surface area contributed by atoms with E-state index in [2.05, 4.69) is 35.5 Å². The summed E-state index contributed by atoms with van der Waals surface area (Å²) in [6.45, 7) is 0.106. The summed E-state index contributed by atoms with van der Waals surface area (Å²) in [5.74, 6) is -0.600. The first kappa shape index (κ1) is 21.9. The molecule has 0 saturated carbocycles. The van der Waals surface area contributed by atoms with E-state index in [1.807, 2.05) is 0 Å². The molecule has 0 atom stereocenters. The van der Waals surface area contributed by atoms with Crippen LogP contribution in [0.4, 0.5) is 34.9 Å². The fourth-order valence-electron chi connectivity index (χ4n) is 2.82. The van der Waals surface area contributed by atoms with Crippen LogP contribution in [0.1, 0.15) is 11.3 Å². The van der Waals surface area contributed by atoms with Gasteiger partial charge in [0.05, 0.1) is 29.3 Å². The number of alkyl halides is 3. The summed E-state index contributed by atoms with van der Waals surface area (Å²) < 4.78 is 52.5. The second-order valence-corrected chi connectivity index (χ2v) is 6.74. The zero-order chi connectivity index (χ0) is 23.3. The standard InChI is InChI=1S/C22H15F4N7/c23-19-13-29-21(32-20(19)14-6-8-27-9-7-14)33-30-12-17-4-5-18(11-28-17)31-16-3-1-2-15(10-16)22(24,25)26/h1-11,13,31H,12H2. The Hall–Kier alpha value is -4.28. The molecule has 4 rings (SSSR count). The van der Waals surface area contributed by atoms with Gasteiger partial charge in [0.1, 0.15) is 12.2 Å². The number of hydrogen-bond donors (Lipinski definition) is 1. The molecule has 11 heteroatoms. The highest BCUT2D eigenvalue weighted by molar-refractivity contribution is 5.60. The van der Waals surface area contributed by atoms with Gasteiger partial charge in [0.2, 0.25) is 0 Å². The third-order valence-corrected chi connectivity index (χ3v) is 4.38. The molecule has 0 fully saturated rings. The summed E-state index contributed by atoms with van der Waals surface area (Å²) in [6.07, 6.45) is 1.12. The van der Waals surface area contributed by atoms with Gasteiger partial charge in [0.25, 0.3) is 5.95 Å². The topological polar surface area (TPSA) is 88.3 Å². The first-order valence-corrected chi connectivity index (χ1v) is 9.58. The maximum atomic E-state index is 14.0. The van der Waals surface area contributed by atoms with Gasteiger partial charge in [0.15, 0.2) is 5.82 Å². The van der Waals surface area contributed by atoms with Crippen molar-refractivity contribution in [3.05, 3.63) is 90.4 Å². The number of nitrogens with zero attached hydrogens (tertiary/aromatic N) is 6. The van der Waals surface area contributed by atoms with Gasteiger partial charge in [0, 0.05) is 23.6 Å². The molecule has 0 saturated heterocycles. The Labute approximate surface area is 185 Å². The van der Waals surface area contributed by atoms with Crippen LogP contribution in [-0.2, 0) is 12.7 Å². The summed E-state index contributed by atoms with van der Waals surface area (Å²) in [4.78, 5) is 16.0. The molecule has 4 aromatic rings. The molecule has 1 N–H and O–H groups in total. The monoisotopic (exact) mass is 453 g/mol. The summed E-state index contributed by atoms with van der Waals surface area (Å²) in [5.41, 5.74) is 1.24. The maximum absolute atomic E-state index is 14.0. The third-order valence-electron chi connectivity index (χ3n) is 4.38. The molecular weight excluding hydrogens is 438 g/mol. The van der Waals surface area contributed by atoms with Crippen LogP contribution >= 0.6 is 0 Å². The minimum atomic E-state index is -4.42. The quantitative estimate of drug-likeness (QED) is 0.281. The average molecular weight is 453 g/mol. The number of nitrogens with one attached hydrogen (secondary N) is 1. The molecule has 0 spiro atoms. The van der Waals surface area contributed by atoms with Gasteiger partial charge in [-0.3, -0.25) is 9.97 Å². The van der Waals surface area contributed by atoms with Crippen LogP contribution in [0.3, 0.4) is 0 Å². The van der Waals surface area contributed by atoms with Crippen molar-refractivity contribution in [3.63, 3.8) is 0 Å². The Bertz CT molecular complexity index is 1260. The minimum absolute atomic E-state index is 0.00829. The Kier molecular flexibility index (Phi) is 6.29. The highest BCUT2D eigenvalue weighted by Gasteiger charge is 2.30. The smallest absolute Gasteiger partial charge is 0.354 e. The van der Waals surface area contributed by atoms with Crippen LogP contribution in [0.2, 0.25) is 0 Å². The van der Waals surface area contributed by atoms with Gasteiger partial charge >= 0.3 is 6.18 Å². The highest BCUT2D eigenvalue weighted by atomic mass is 19.4. The van der Waals surface area contributed by atoms with Gasteiger partial charge in [-0.1, -0.05) is 6.07 Å². The molecule has 33 heavy (non-hydrogen) atoms. The third kappa shape index (κ3) is 5.70. The molecule has 0 amide bonds. The van der Waals surface area contributed by atoms with Gasteiger partial charge in [-0.05, 0) is 42.5 Å². The van der Waals surface area contributed by atoms with Crippen LogP contribution in [0.15, 0.2) is 83.5 Å². The van der Waals surface area contributed by atoms with E-state index in [-0.39, 0.29) is 23.9 Å². The summed E-state index contributed by atoms with van der Waals surface area (Å²) in [6, 6.07) is 11.4. The number of hydrogen-bond acceptors (Lipinski definition) is 7. The lowest BCUT2D eigenvalue weighted by molar-refractivity contribution is -0.137. The summed E-state index contributed by atoms with van der Waals surface area (Å²) >= 11 is 0. The molecule has 3 heterocycles. The minimum Gasteiger partial charge on any atom is -0.354 e. The fraction of sp³-hybridized carbons (Fsp3) is 0.0909. The summed E-state index contributed by atoms with van der Waals surface area (Å²) in [7, 11) is 0. The first-order chi connectivity index (χ1) is 15.9. The van der Waals surface area contributed by atoms with E-state index < -0.39 is 17.6 Å². The molecule has 7 nitrogen and oxygen atoms in total. The number of pyridine rings is 2. The van der Waals surface area contributed by atoms with Crippen molar-refractivity contribution >= 4 is 17.3 Å². The highest BCUT2D eigenvalue weighted by Crippen LogP contribution is 2.31. The van der Waals surface area contributed by atoms with Crippen LogP contribution in [0.5, 0.6) is 0 Å². The molecule has 0 aliphatic rings. The van der Waals surface area contributed by atoms with E-state index in [0.29, 0.717) is 16.9 Å². The van der Waals surface area contributed by atoms with E-state index in [0.717, 1.165) is 18.3 Å². The number of benzene rings is 1. The van der Waals surface area contributed by atoms with Gasteiger partial charge < -0.3 is 5.32 Å². The van der Waals surface area contributed by atoms with Gasteiger partial charge in [-0.2, -0.15) is 18.3 Å². The van der Waals surface area contributed by atoms with E-state index in [9.17, 15) is 17.6 Å². The summed E-state index contributed by atoms with van der Waals surface area (Å²) in [5, 5.41) is 10.8. The van der Waals surface area contributed by atoms with Gasteiger partial charge in [-0.15, -0.1) is 5.11 Å². The van der Waals surface area contributed by atoms with E-state index in [1.54, 1.807) is 24.3 Å². The normalized spacial score (nSPS) is 11.6. The number of azo groups is 1. The molecule has 0 aliphatic carbocycles. The van der Waals surface area contributed by atoms with Crippen molar-refractivity contribution in [2.75, 3.05) is 5.32 Å². The van der Waals surface area contributed by atoms with Crippen LogP contribution in [-0.4, -0.2) is 19.9 Å². The number of rotatable bonds is 6. The van der Waals surface area contributed by atoms with Crippen molar-refractivity contribution < 1.29 is 17.6 Å². The van der Waals surface area contributed by atoms with Crippen LogP contribution in [0, 0.1) is 5.82 Å². The first-order valence-electron chi connectivity index (χ1n) is 9.58. The van der Waals surface area contributed by atoms with Crippen LogP contribution < -0.4 is 5.32 Å². The number of aromatic nitrogens is 4. The second-order valence-electron chi connectivity index (χ2n) is 6.74. The lowest BCUT2D eigenvalue weighted by Gasteiger charge is -2.10. The van der Waals surface area contributed by atoms with Crippen molar-refractivity contribution in [1.82, 2.24) is 19.9 Å². The second kappa shape index (κ2) is 9.47.